The first-order valence-corrected chi connectivity index (χ1v) is 10.6. The molecule has 0 atom stereocenters. The Morgan fingerprint density at radius 1 is 0.952 bits per heavy atom. The lowest BCUT2D eigenvalue weighted by molar-refractivity contribution is 0.126. The molecule has 124 valence electrons. The van der Waals surface area contributed by atoms with E-state index < -0.39 is 29.4 Å². The monoisotopic (exact) mass is 340 g/mol. The van der Waals surface area contributed by atoms with Gasteiger partial charge in [0, 0.05) is 6.61 Å². The Labute approximate surface area is 127 Å². The molecule has 0 radical (unpaired) electrons. The van der Waals surface area contributed by atoms with Gasteiger partial charge in [0.15, 0.2) is 9.84 Å². The van der Waals surface area contributed by atoms with E-state index in [-0.39, 0.29) is 13.2 Å². The lowest BCUT2D eigenvalue weighted by Crippen LogP contribution is -2.41. The van der Waals surface area contributed by atoms with Crippen molar-refractivity contribution in [1.82, 2.24) is 0 Å². The largest absolute Gasteiger partial charge is 0.380 e. The van der Waals surface area contributed by atoms with Crippen molar-refractivity contribution in [3.05, 3.63) is 0 Å². The molecule has 0 unspecified atom stereocenters. The minimum Gasteiger partial charge on any atom is -0.380 e. The number of unbranched alkanes of at least 4 members (excludes halogenated alkanes) is 1. The van der Waals surface area contributed by atoms with Crippen LogP contribution in [0.15, 0.2) is 0 Å². The van der Waals surface area contributed by atoms with Crippen LogP contribution in [0.2, 0.25) is 0 Å². The molecule has 0 amide bonds. The Morgan fingerprint density at radius 3 is 1.90 bits per heavy atom. The third kappa shape index (κ3) is 3.60. The van der Waals surface area contributed by atoms with E-state index in [0.29, 0.717) is 32.3 Å². The average molecular weight is 340 g/mol. The standard InChI is InChI=1S/C13H24O6S2/c1-3-4-9-18-10-12(5-6-12)21(16,17)13(7-8-13)11-19-20(2,14)15/h3-11H2,1-2H3. The second-order valence-electron chi connectivity index (χ2n) is 6.24. The highest BCUT2D eigenvalue weighted by Crippen LogP contribution is 2.56. The van der Waals surface area contributed by atoms with Crippen LogP contribution in [-0.4, -0.2) is 52.4 Å². The van der Waals surface area contributed by atoms with Crippen molar-refractivity contribution in [2.45, 2.75) is 54.9 Å². The van der Waals surface area contributed by atoms with Gasteiger partial charge in [0.1, 0.15) is 0 Å². The quantitative estimate of drug-likeness (QED) is 0.439. The summed E-state index contributed by atoms with van der Waals surface area (Å²) in [6, 6.07) is 0. The van der Waals surface area contributed by atoms with Crippen molar-refractivity contribution in [2.75, 3.05) is 26.1 Å². The van der Waals surface area contributed by atoms with E-state index in [1.165, 1.54) is 0 Å². The van der Waals surface area contributed by atoms with Crippen LogP contribution in [0.5, 0.6) is 0 Å². The summed E-state index contributed by atoms with van der Waals surface area (Å²) in [4.78, 5) is 0. The molecular formula is C13H24O6S2. The second kappa shape index (κ2) is 5.79. The first-order chi connectivity index (χ1) is 9.68. The Bertz CT molecular complexity index is 570. The highest BCUT2D eigenvalue weighted by molar-refractivity contribution is 7.94. The Kier molecular flexibility index (Phi) is 4.74. The Morgan fingerprint density at radius 2 is 1.48 bits per heavy atom. The minimum absolute atomic E-state index is 0.218. The van der Waals surface area contributed by atoms with E-state index in [4.69, 9.17) is 8.92 Å². The Hall–Kier alpha value is -0.180. The predicted molar refractivity (Wildman–Crippen MR) is 79.4 cm³/mol. The lowest BCUT2D eigenvalue weighted by atomic mass is 10.3. The van der Waals surface area contributed by atoms with Crippen LogP contribution in [0, 0.1) is 0 Å². The van der Waals surface area contributed by atoms with Gasteiger partial charge >= 0.3 is 0 Å². The fraction of sp³-hybridized carbons (Fsp3) is 1.00. The maximum Gasteiger partial charge on any atom is 0.264 e. The third-order valence-electron chi connectivity index (χ3n) is 4.30. The van der Waals surface area contributed by atoms with Gasteiger partial charge in [-0.1, -0.05) is 13.3 Å². The molecule has 8 heteroatoms. The zero-order chi connectivity index (χ0) is 15.8. The highest BCUT2D eigenvalue weighted by atomic mass is 32.2. The maximum atomic E-state index is 12.8. The fourth-order valence-electron chi connectivity index (χ4n) is 2.44. The molecule has 0 aromatic rings. The van der Waals surface area contributed by atoms with E-state index in [1.807, 2.05) is 0 Å². The molecule has 2 rings (SSSR count). The van der Waals surface area contributed by atoms with E-state index in [0.717, 1.165) is 19.1 Å². The average Bonchev–Trinajstić information content (AvgIpc) is 3.25. The van der Waals surface area contributed by atoms with E-state index in [1.54, 1.807) is 0 Å². The number of hydrogen-bond donors (Lipinski definition) is 0. The van der Waals surface area contributed by atoms with Gasteiger partial charge in [-0.25, -0.2) is 8.42 Å². The van der Waals surface area contributed by atoms with Crippen LogP contribution in [0.3, 0.4) is 0 Å². The summed E-state index contributed by atoms with van der Waals surface area (Å²) in [6.45, 7) is 2.58. The molecule has 0 aromatic carbocycles. The van der Waals surface area contributed by atoms with E-state index in [2.05, 4.69) is 6.92 Å². The number of ether oxygens (including phenoxy) is 1. The highest BCUT2D eigenvalue weighted by Gasteiger charge is 2.67. The van der Waals surface area contributed by atoms with Gasteiger partial charge in [-0.15, -0.1) is 0 Å². The van der Waals surface area contributed by atoms with Crippen LogP contribution in [0.4, 0.5) is 0 Å². The number of hydrogen-bond acceptors (Lipinski definition) is 6. The lowest BCUT2D eigenvalue weighted by Gasteiger charge is -2.23. The molecule has 2 aliphatic rings. The second-order valence-corrected chi connectivity index (χ2v) is 10.6. The third-order valence-corrected chi connectivity index (χ3v) is 8.18. The molecule has 21 heavy (non-hydrogen) atoms. The maximum absolute atomic E-state index is 12.8. The van der Waals surface area contributed by atoms with Gasteiger partial charge in [-0.2, -0.15) is 8.42 Å². The normalized spacial score (nSPS) is 23.0. The summed E-state index contributed by atoms with van der Waals surface area (Å²) in [5.74, 6) is 0. The molecule has 0 aromatic heterocycles. The first-order valence-electron chi connectivity index (χ1n) is 7.34. The molecule has 6 nitrogen and oxygen atoms in total. The summed E-state index contributed by atoms with van der Waals surface area (Å²) in [7, 11) is -7.06. The number of sulfone groups is 1. The van der Waals surface area contributed by atoms with Crippen molar-refractivity contribution >= 4 is 20.0 Å². The summed E-state index contributed by atoms with van der Waals surface area (Å²) < 4.78 is 56.3. The van der Waals surface area contributed by atoms with Crippen LogP contribution in [0.25, 0.3) is 0 Å². The van der Waals surface area contributed by atoms with Crippen LogP contribution in [-0.2, 0) is 28.9 Å². The molecule has 0 spiro atoms. The van der Waals surface area contributed by atoms with Gasteiger partial charge < -0.3 is 4.74 Å². The topological polar surface area (TPSA) is 86.7 Å². The molecule has 0 aliphatic heterocycles. The molecule has 2 fully saturated rings. The van der Waals surface area contributed by atoms with Gasteiger partial charge in [0.05, 0.1) is 29.0 Å². The molecule has 2 saturated carbocycles. The van der Waals surface area contributed by atoms with Crippen molar-refractivity contribution in [3.8, 4) is 0 Å². The van der Waals surface area contributed by atoms with E-state index >= 15 is 0 Å². The summed E-state index contributed by atoms with van der Waals surface area (Å²) >= 11 is 0. The SMILES string of the molecule is CCCCOCC1(S(=O)(=O)C2(COS(C)(=O)=O)CC2)CC1. The summed E-state index contributed by atoms with van der Waals surface area (Å²) in [5, 5.41) is 0. The zero-order valence-electron chi connectivity index (χ0n) is 12.6. The minimum atomic E-state index is -3.62. The Balaban J connectivity index is 2.00. The summed E-state index contributed by atoms with van der Waals surface area (Å²) in [6.07, 6.45) is 5.01. The van der Waals surface area contributed by atoms with Crippen molar-refractivity contribution in [3.63, 3.8) is 0 Å². The van der Waals surface area contributed by atoms with Crippen LogP contribution >= 0.6 is 0 Å². The first kappa shape index (κ1) is 17.2. The molecule has 0 bridgehead atoms. The molecular weight excluding hydrogens is 316 g/mol. The van der Waals surface area contributed by atoms with Gasteiger partial charge in [0.25, 0.3) is 10.1 Å². The van der Waals surface area contributed by atoms with Crippen LogP contribution < -0.4 is 0 Å². The van der Waals surface area contributed by atoms with Crippen LogP contribution in [0.1, 0.15) is 45.4 Å². The molecule has 0 N–H and O–H groups in total. The van der Waals surface area contributed by atoms with Crippen molar-refractivity contribution in [1.29, 1.82) is 0 Å². The van der Waals surface area contributed by atoms with E-state index in [9.17, 15) is 16.8 Å². The van der Waals surface area contributed by atoms with Gasteiger partial charge in [-0.3, -0.25) is 4.18 Å². The van der Waals surface area contributed by atoms with Crippen molar-refractivity contribution in [2.24, 2.45) is 0 Å². The van der Waals surface area contributed by atoms with Gasteiger partial charge in [-0.05, 0) is 32.1 Å². The molecule has 0 heterocycles. The van der Waals surface area contributed by atoms with Crippen molar-refractivity contribution < 1.29 is 25.8 Å². The molecule has 0 saturated heterocycles. The van der Waals surface area contributed by atoms with Gasteiger partial charge in [0.2, 0.25) is 0 Å². The number of rotatable bonds is 10. The zero-order valence-corrected chi connectivity index (χ0v) is 14.3. The molecule has 2 aliphatic carbocycles. The predicted octanol–water partition coefficient (Wildman–Crippen LogP) is 1.26. The summed E-state index contributed by atoms with van der Waals surface area (Å²) in [5.41, 5.74) is 0. The smallest absolute Gasteiger partial charge is 0.264 e. The fourth-order valence-corrected chi connectivity index (χ4v) is 5.60.